The lowest BCUT2D eigenvalue weighted by Gasteiger charge is -2.31. The van der Waals surface area contributed by atoms with Gasteiger partial charge in [0.1, 0.15) is 5.82 Å². The van der Waals surface area contributed by atoms with E-state index in [1.54, 1.807) is 0 Å². The van der Waals surface area contributed by atoms with Crippen LogP contribution in [0.1, 0.15) is 33.4 Å². The van der Waals surface area contributed by atoms with Gasteiger partial charge in [0.25, 0.3) is 0 Å². The van der Waals surface area contributed by atoms with Gasteiger partial charge >= 0.3 is 0 Å². The first-order valence-corrected chi connectivity index (χ1v) is 7.91. The van der Waals surface area contributed by atoms with Gasteiger partial charge in [-0.1, -0.05) is 6.92 Å². The molecule has 4 nitrogen and oxygen atoms in total. The average Bonchev–Trinajstić information content (AvgIpc) is 2.36. The van der Waals surface area contributed by atoms with E-state index in [4.69, 9.17) is 4.98 Å². The minimum absolute atomic E-state index is 0.105. The molecule has 0 saturated carbocycles. The van der Waals surface area contributed by atoms with Gasteiger partial charge in [-0.15, -0.1) is 0 Å². The number of rotatable bonds is 3. The van der Waals surface area contributed by atoms with Crippen LogP contribution in [0.15, 0.2) is 12.4 Å². The van der Waals surface area contributed by atoms with Crippen LogP contribution in [-0.4, -0.2) is 39.6 Å². The fourth-order valence-electron chi connectivity index (χ4n) is 2.01. The molecule has 1 N–H and O–H groups in total. The summed E-state index contributed by atoms with van der Waals surface area (Å²) in [6.45, 7) is 11.7. The van der Waals surface area contributed by atoms with Gasteiger partial charge in [-0.3, -0.25) is 4.98 Å². The van der Waals surface area contributed by atoms with E-state index in [-0.39, 0.29) is 5.54 Å². The standard InChI is InChI=1S/C14H24N4S/c1-11-10-18(5-6-19-11)13-9-15-7-12(17-13)8-16-14(2,3)4/h7,9,11,16H,5-6,8,10H2,1-4H3. The van der Waals surface area contributed by atoms with E-state index in [1.165, 1.54) is 5.75 Å². The molecule has 0 radical (unpaired) electrons. The lowest BCUT2D eigenvalue weighted by atomic mass is 10.1. The van der Waals surface area contributed by atoms with Crippen LogP contribution in [-0.2, 0) is 6.54 Å². The zero-order valence-corrected chi connectivity index (χ0v) is 13.1. The molecule has 0 amide bonds. The molecule has 0 aromatic carbocycles. The van der Waals surface area contributed by atoms with Crippen LogP contribution in [0.5, 0.6) is 0 Å². The first-order valence-electron chi connectivity index (χ1n) is 6.86. The molecule has 1 aliphatic rings. The van der Waals surface area contributed by atoms with Gasteiger partial charge < -0.3 is 10.2 Å². The molecule has 0 bridgehead atoms. The van der Waals surface area contributed by atoms with Crippen LogP contribution in [0.4, 0.5) is 5.82 Å². The lowest BCUT2D eigenvalue weighted by molar-refractivity contribution is 0.421. The molecule has 1 aliphatic heterocycles. The Labute approximate surface area is 120 Å². The Kier molecular flexibility index (Phi) is 4.68. The first-order chi connectivity index (χ1) is 8.94. The fraction of sp³-hybridized carbons (Fsp3) is 0.714. The fourth-order valence-corrected chi connectivity index (χ4v) is 3.03. The zero-order valence-electron chi connectivity index (χ0n) is 12.3. The predicted molar refractivity (Wildman–Crippen MR) is 82.8 cm³/mol. The Balaban J connectivity index is 2.02. The SMILES string of the molecule is CC1CN(c2cncc(CNC(C)(C)C)n2)CCS1. The highest BCUT2D eigenvalue weighted by Crippen LogP contribution is 2.21. The van der Waals surface area contributed by atoms with Crippen molar-refractivity contribution in [2.24, 2.45) is 0 Å². The Hall–Kier alpha value is -0.810. The maximum absolute atomic E-state index is 4.73. The molecule has 1 saturated heterocycles. The maximum atomic E-state index is 4.73. The van der Waals surface area contributed by atoms with Gasteiger partial charge in [-0.2, -0.15) is 11.8 Å². The molecule has 0 spiro atoms. The van der Waals surface area contributed by atoms with Crippen molar-refractivity contribution in [2.45, 2.75) is 45.0 Å². The average molecular weight is 280 g/mol. The highest BCUT2D eigenvalue weighted by atomic mass is 32.2. The van der Waals surface area contributed by atoms with Gasteiger partial charge in [0, 0.05) is 42.4 Å². The summed E-state index contributed by atoms with van der Waals surface area (Å²) in [5.41, 5.74) is 1.12. The van der Waals surface area contributed by atoms with E-state index < -0.39 is 0 Å². The number of anilines is 1. The predicted octanol–water partition coefficient (Wildman–Crippen LogP) is 2.31. The summed E-state index contributed by atoms with van der Waals surface area (Å²) >= 11 is 2.03. The van der Waals surface area contributed by atoms with Gasteiger partial charge in [0.2, 0.25) is 0 Å². The second-order valence-corrected chi connectivity index (χ2v) is 7.65. The Morgan fingerprint density at radius 1 is 1.42 bits per heavy atom. The van der Waals surface area contributed by atoms with E-state index in [2.05, 4.69) is 42.9 Å². The van der Waals surface area contributed by atoms with E-state index in [0.29, 0.717) is 5.25 Å². The molecule has 1 aromatic rings. The van der Waals surface area contributed by atoms with Crippen LogP contribution in [0.3, 0.4) is 0 Å². The van der Waals surface area contributed by atoms with Crippen LogP contribution < -0.4 is 10.2 Å². The molecule has 5 heteroatoms. The molecule has 2 rings (SSSR count). The van der Waals surface area contributed by atoms with E-state index in [0.717, 1.165) is 31.1 Å². The number of thioether (sulfide) groups is 1. The van der Waals surface area contributed by atoms with Crippen molar-refractivity contribution < 1.29 is 0 Å². The monoisotopic (exact) mass is 280 g/mol. The lowest BCUT2D eigenvalue weighted by Crippen LogP contribution is -2.38. The van der Waals surface area contributed by atoms with Crippen molar-refractivity contribution in [1.29, 1.82) is 0 Å². The highest BCUT2D eigenvalue weighted by Gasteiger charge is 2.18. The van der Waals surface area contributed by atoms with E-state index >= 15 is 0 Å². The third-order valence-electron chi connectivity index (χ3n) is 3.04. The maximum Gasteiger partial charge on any atom is 0.147 e. The molecule has 1 unspecified atom stereocenters. The molecule has 2 heterocycles. The Morgan fingerprint density at radius 2 is 2.21 bits per heavy atom. The summed E-state index contributed by atoms with van der Waals surface area (Å²) in [5.74, 6) is 2.19. The molecular formula is C14H24N4S. The number of hydrogen-bond donors (Lipinski definition) is 1. The first kappa shape index (κ1) is 14.6. The van der Waals surface area contributed by atoms with Gasteiger partial charge in [0.05, 0.1) is 11.9 Å². The highest BCUT2D eigenvalue weighted by molar-refractivity contribution is 8.00. The van der Waals surface area contributed by atoms with Gasteiger partial charge in [0.15, 0.2) is 0 Å². The van der Waals surface area contributed by atoms with Crippen molar-refractivity contribution in [3.05, 3.63) is 18.1 Å². The van der Waals surface area contributed by atoms with Crippen LogP contribution in [0.2, 0.25) is 0 Å². The molecule has 1 aromatic heterocycles. The molecule has 1 atom stereocenters. The van der Waals surface area contributed by atoms with Crippen LogP contribution in [0, 0.1) is 0 Å². The van der Waals surface area contributed by atoms with Gasteiger partial charge in [-0.25, -0.2) is 4.98 Å². The Bertz CT molecular complexity index is 416. The third kappa shape index (κ3) is 4.66. The molecule has 19 heavy (non-hydrogen) atoms. The van der Waals surface area contributed by atoms with Crippen LogP contribution in [0.25, 0.3) is 0 Å². The number of nitrogens with one attached hydrogen (secondary N) is 1. The second-order valence-electron chi connectivity index (χ2n) is 6.10. The molecular weight excluding hydrogens is 256 g/mol. The van der Waals surface area contributed by atoms with Crippen molar-refractivity contribution in [1.82, 2.24) is 15.3 Å². The molecule has 106 valence electrons. The summed E-state index contributed by atoms with van der Waals surface area (Å²) in [6.07, 6.45) is 3.73. The van der Waals surface area contributed by atoms with Crippen molar-refractivity contribution in [3.8, 4) is 0 Å². The topological polar surface area (TPSA) is 41.1 Å². The number of aromatic nitrogens is 2. The summed E-state index contributed by atoms with van der Waals surface area (Å²) in [5, 5.41) is 4.13. The summed E-state index contributed by atoms with van der Waals surface area (Å²) < 4.78 is 0. The minimum Gasteiger partial charge on any atom is -0.353 e. The number of hydrogen-bond acceptors (Lipinski definition) is 5. The van der Waals surface area contributed by atoms with E-state index in [9.17, 15) is 0 Å². The Morgan fingerprint density at radius 3 is 2.89 bits per heavy atom. The second kappa shape index (κ2) is 6.09. The van der Waals surface area contributed by atoms with E-state index in [1.807, 2.05) is 24.2 Å². The quantitative estimate of drug-likeness (QED) is 0.920. The van der Waals surface area contributed by atoms with Crippen molar-refractivity contribution in [3.63, 3.8) is 0 Å². The minimum atomic E-state index is 0.105. The largest absolute Gasteiger partial charge is 0.353 e. The normalized spacial score (nSPS) is 20.6. The molecule has 0 aliphatic carbocycles. The summed E-state index contributed by atoms with van der Waals surface area (Å²) in [6, 6.07) is 0. The third-order valence-corrected chi connectivity index (χ3v) is 4.17. The van der Waals surface area contributed by atoms with Crippen molar-refractivity contribution in [2.75, 3.05) is 23.7 Å². The smallest absolute Gasteiger partial charge is 0.147 e. The van der Waals surface area contributed by atoms with Crippen molar-refractivity contribution >= 4 is 17.6 Å². The van der Waals surface area contributed by atoms with Crippen LogP contribution >= 0.6 is 11.8 Å². The summed E-state index contributed by atoms with van der Waals surface area (Å²) in [7, 11) is 0. The number of nitrogens with zero attached hydrogens (tertiary/aromatic N) is 3. The zero-order chi connectivity index (χ0) is 13.9. The molecule has 1 fully saturated rings. The summed E-state index contributed by atoms with van der Waals surface area (Å²) in [4.78, 5) is 11.4. The van der Waals surface area contributed by atoms with Gasteiger partial charge in [-0.05, 0) is 20.8 Å².